The fourth-order valence-electron chi connectivity index (χ4n) is 2.69. The highest BCUT2D eigenvalue weighted by Crippen LogP contribution is 2.37. The predicted octanol–water partition coefficient (Wildman–Crippen LogP) is 0.516. The summed E-state index contributed by atoms with van der Waals surface area (Å²) in [6, 6.07) is 4.72. The number of hydrogen-bond acceptors (Lipinski definition) is 4. The Bertz CT molecular complexity index is 642. The molecule has 1 saturated heterocycles. The van der Waals surface area contributed by atoms with E-state index in [9.17, 15) is 13.2 Å². The number of hydrogen-bond donors (Lipinski definition) is 2. The Morgan fingerprint density at radius 2 is 2.21 bits per heavy atom. The Balaban J connectivity index is 2.08. The third-order valence-electron chi connectivity index (χ3n) is 3.67. The van der Waals surface area contributed by atoms with Gasteiger partial charge in [-0.25, -0.2) is 13.1 Å². The molecule has 0 radical (unpaired) electrons. The molecular weight excluding hydrogens is 266 g/mol. The van der Waals surface area contributed by atoms with Crippen LogP contribution >= 0.6 is 0 Å². The lowest BCUT2D eigenvalue weighted by atomic mass is 10.1. The van der Waals surface area contributed by atoms with Gasteiger partial charge in [0.05, 0.1) is 16.3 Å². The number of carbonyl (C=O) groups excluding carboxylic acids is 1. The van der Waals surface area contributed by atoms with Gasteiger partial charge in [0.15, 0.2) is 0 Å². The van der Waals surface area contributed by atoms with Crippen LogP contribution in [0.25, 0.3) is 0 Å². The van der Waals surface area contributed by atoms with Crippen LogP contribution in [0.4, 0.5) is 11.4 Å². The van der Waals surface area contributed by atoms with Crippen LogP contribution in [0.2, 0.25) is 0 Å². The van der Waals surface area contributed by atoms with E-state index in [1.54, 1.807) is 12.1 Å². The van der Waals surface area contributed by atoms with Crippen molar-refractivity contribution in [2.24, 2.45) is 0 Å². The van der Waals surface area contributed by atoms with Gasteiger partial charge in [0.25, 0.3) is 0 Å². The van der Waals surface area contributed by atoms with Crippen LogP contribution in [0.1, 0.15) is 12.8 Å². The van der Waals surface area contributed by atoms with E-state index >= 15 is 0 Å². The van der Waals surface area contributed by atoms with E-state index in [-0.39, 0.29) is 16.8 Å². The lowest BCUT2D eigenvalue weighted by molar-refractivity contribution is -0.117. The van der Waals surface area contributed by atoms with E-state index in [0.717, 1.165) is 25.1 Å². The third-order valence-corrected chi connectivity index (χ3v) is 5.08. The van der Waals surface area contributed by atoms with E-state index < -0.39 is 10.0 Å². The Morgan fingerprint density at radius 3 is 2.95 bits per heavy atom. The molecule has 3 rings (SSSR count). The van der Waals surface area contributed by atoms with Crippen molar-refractivity contribution in [1.82, 2.24) is 4.72 Å². The lowest BCUT2D eigenvalue weighted by Gasteiger charge is -2.33. The number of rotatable bonds is 2. The van der Waals surface area contributed by atoms with Crippen molar-refractivity contribution in [3.8, 4) is 0 Å². The normalized spacial score (nSPS) is 21.8. The number of nitrogens with one attached hydrogen (secondary N) is 2. The molecule has 0 aliphatic carbocycles. The fourth-order valence-corrected chi connectivity index (χ4v) is 3.45. The van der Waals surface area contributed by atoms with Crippen LogP contribution in [0.3, 0.4) is 0 Å². The maximum absolute atomic E-state index is 12.0. The summed E-state index contributed by atoms with van der Waals surface area (Å²) in [6.07, 6.45) is 1.83. The quantitative estimate of drug-likeness (QED) is 0.828. The van der Waals surface area contributed by atoms with Crippen LogP contribution in [-0.4, -0.2) is 34.0 Å². The lowest BCUT2D eigenvalue weighted by Crippen LogP contribution is -2.43. The summed E-state index contributed by atoms with van der Waals surface area (Å²) in [5.74, 6) is -0.0518. The van der Waals surface area contributed by atoms with Gasteiger partial charge in [-0.05, 0) is 38.1 Å². The summed E-state index contributed by atoms with van der Waals surface area (Å²) >= 11 is 0. The number of nitrogens with zero attached hydrogens (tertiary/aromatic N) is 1. The van der Waals surface area contributed by atoms with Gasteiger partial charge < -0.3 is 10.2 Å². The highest BCUT2D eigenvalue weighted by molar-refractivity contribution is 7.89. The molecule has 1 unspecified atom stereocenters. The van der Waals surface area contributed by atoms with E-state index in [2.05, 4.69) is 10.0 Å². The topological polar surface area (TPSA) is 78.5 Å². The highest BCUT2D eigenvalue weighted by atomic mass is 32.2. The molecule has 1 fully saturated rings. The number of anilines is 2. The molecule has 7 heteroatoms. The maximum atomic E-state index is 12.0. The first-order chi connectivity index (χ1) is 9.03. The molecule has 1 aromatic carbocycles. The predicted molar refractivity (Wildman–Crippen MR) is 71.7 cm³/mol. The summed E-state index contributed by atoms with van der Waals surface area (Å²) < 4.78 is 25.8. The monoisotopic (exact) mass is 281 g/mol. The molecule has 0 aromatic heterocycles. The molecule has 1 atom stereocenters. The molecule has 2 heterocycles. The molecule has 19 heavy (non-hydrogen) atoms. The van der Waals surface area contributed by atoms with E-state index in [4.69, 9.17) is 0 Å². The van der Waals surface area contributed by atoms with Crippen LogP contribution in [-0.2, 0) is 14.8 Å². The van der Waals surface area contributed by atoms with Gasteiger partial charge in [0.2, 0.25) is 15.9 Å². The number of fused-ring (bicyclic) bond motifs is 3. The number of benzene rings is 1. The molecule has 6 nitrogen and oxygen atoms in total. The second-order valence-corrected chi connectivity index (χ2v) is 6.61. The zero-order valence-electron chi connectivity index (χ0n) is 10.5. The second-order valence-electron chi connectivity index (χ2n) is 4.73. The molecule has 2 aliphatic rings. The van der Waals surface area contributed by atoms with Gasteiger partial charge in [-0.15, -0.1) is 0 Å². The van der Waals surface area contributed by atoms with Crippen molar-refractivity contribution < 1.29 is 13.2 Å². The molecule has 1 amide bonds. The van der Waals surface area contributed by atoms with Crippen LogP contribution in [0.15, 0.2) is 23.1 Å². The second kappa shape index (κ2) is 4.21. The average molecular weight is 281 g/mol. The molecule has 0 spiro atoms. The Labute approximate surface area is 111 Å². The van der Waals surface area contributed by atoms with Crippen molar-refractivity contribution >= 4 is 27.3 Å². The van der Waals surface area contributed by atoms with Gasteiger partial charge >= 0.3 is 0 Å². The van der Waals surface area contributed by atoms with Crippen LogP contribution in [0.5, 0.6) is 0 Å². The Kier molecular flexibility index (Phi) is 2.75. The van der Waals surface area contributed by atoms with Gasteiger partial charge in [0.1, 0.15) is 6.04 Å². The summed E-state index contributed by atoms with van der Waals surface area (Å²) in [6.45, 7) is 0.837. The molecule has 0 saturated carbocycles. The largest absolute Gasteiger partial charge is 0.358 e. The minimum Gasteiger partial charge on any atom is -0.358 e. The van der Waals surface area contributed by atoms with Crippen molar-refractivity contribution in [3.05, 3.63) is 18.2 Å². The Hall–Kier alpha value is -1.60. The molecule has 0 bridgehead atoms. The van der Waals surface area contributed by atoms with Gasteiger partial charge in [0, 0.05) is 6.54 Å². The summed E-state index contributed by atoms with van der Waals surface area (Å²) in [5, 5.41) is 2.80. The Morgan fingerprint density at radius 1 is 1.42 bits per heavy atom. The minimum atomic E-state index is -3.49. The standard InChI is InChI=1S/C12H15N3O3S/c1-13-19(17,18)8-4-5-10-9(7-8)14-12(16)11-3-2-6-15(10)11/h4-5,7,11,13H,2-3,6H2,1H3,(H,14,16). The van der Waals surface area contributed by atoms with Crippen LogP contribution < -0.4 is 14.9 Å². The fraction of sp³-hybridized carbons (Fsp3) is 0.417. The zero-order valence-corrected chi connectivity index (χ0v) is 11.3. The number of sulfonamides is 1. The SMILES string of the molecule is CNS(=O)(=O)c1ccc2c(c1)NC(=O)C1CCCN21. The van der Waals surface area contributed by atoms with Gasteiger partial charge in [-0.2, -0.15) is 0 Å². The van der Waals surface area contributed by atoms with E-state index in [1.165, 1.54) is 13.1 Å². The van der Waals surface area contributed by atoms with Crippen molar-refractivity contribution in [2.45, 2.75) is 23.8 Å². The first-order valence-corrected chi connectivity index (χ1v) is 7.66. The van der Waals surface area contributed by atoms with Crippen molar-refractivity contribution in [2.75, 3.05) is 23.8 Å². The smallest absolute Gasteiger partial charge is 0.247 e. The average Bonchev–Trinajstić information content (AvgIpc) is 2.88. The first kappa shape index (κ1) is 12.4. The molecule has 2 N–H and O–H groups in total. The highest BCUT2D eigenvalue weighted by Gasteiger charge is 2.36. The van der Waals surface area contributed by atoms with Crippen molar-refractivity contribution in [3.63, 3.8) is 0 Å². The van der Waals surface area contributed by atoms with Gasteiger partial charge in [-0.1, -0.05) is 0 Å². The van der Waals surface area contributed by atoms with E-state index in [1.807, 2.05) is 4.90 Å². The maximum Gasteiger partial charge on any atom is 0.247 e. The van der Waals surface area contributed by atoms with Crippen LogP contribution in [0, 0.1) is 0 Å². The summed E-state index contributed by atoms with van der Waals surface area (Å²) in [7, 11) is -2.13. The molecule has 1 aromatic rings. The first-order valence-electron chi connectivity index (χ1n) is 6.18. The van der Waals surface area contributed by atoms with Gasteiger partial charge in [-0.3, -0.25) is 4.79 Å². The number of carbonyl (C=O) groups is 1. The minimum absolute atomic E-state index is 0.0518. The molecule has 2 aliphatic heterocycles. The third kappa shape index (κ3) is 1.89. The number of amides is 1. The van der Waals surface area contributed by atoms with Crippen molar-refractivity contribution in [1.29, 1.82) is 0 Å². The summed E-state index contributed by atoms with van der Waals surface area (Å²) in [4.78, 5) is 14.2. The molecular formula is C12H15N3O3S. The van der Waals surface area contributed by atoms with E-state index in [0.29, 0.717) is 5.69 Å². The zero-order chi connectivity index (χ0) is 13.6. The summed E-state index contributed by atoms with van der Waals surface area (Å²) in [5.41, 5.74) is 1.47. The molecule has 102 valence electrons.